The first-order valence-corrected chi connectivity index (χ1v) is 9.08. The molecule has 28 heavy (non-hydrogen) atoms. The molecular formula is C21H24N4O3. The highest BCUT2D eigenvalue weighted by molar-refractivity contribution is 6.39. The molecule has 0 radical (unpaired) electrons. The Hall–Kier alpha value is -3.35. The Morgan fingerprint density at radius 1 is 1.11 bits per heavy atom. The fourth-order valence-corrected chi connectivity index (χ4v) is 3.09. The molecule has 7 heteroatoms. The molecule has 1 atom stereocenters. The van der Waals surface area contributed by atoms with Crippen LogP contribution in [0.3, 0.4) is 0 Å². The molecule has 3 rings (SSSR count). The molecule has 0 aliphatic rings. The summed E-state index contributed by atoms with van der Waals surface area (Å²) in [5, 5.41) is 9.84. The topological polar surface area (TPSA) is 89.2 Å². The van der Waals surface area contributed by atoms with E-state index < -0.39 is 11.8 Å². The summed E-state index contributed by atoms with van der Waals surface area (Å²) >= 11 is 0. The molecule has 1 unspecified atom stereocenters. The second-order valence-corrected chi connectivity index (χ2v) is 6.81. The van der Waals surface area contributed by atoms with E-state index in [9.17, 15) is 9.59 Å². The first-order valence-electron chi connectivity index (χ1n) is 9.08. The van der Waals surface area contributed by atoms with Gasteiger partial charge in [0.25, 0.3) is 0 Å². The summed E-state index contributed by atoms with van der Waals surface area (Å²) in [5.41, 5.74) is 4.41. The van der Waals surface area contributed by atoms with Gasteiger partial charge in [0.05, 0.1) is 12.0 Å². The molecule has 3 aromatic rings. The van der Waals surface area contributed by atoms with Gasteiger partial charge in [0.1, 0.15) is 11.8 Å². The van der Waals surface area contributed by atoms with Crippen LogP contribution >= 0.6 is 0 Å². The number of aromatic nitrogens is 2. The van der Waals surface area contributed by atoms with Crippen LogP contribution in [-0.2, 0) is 9.59 Å². The van der Waals surface area contributed by atoms with Crippen molar-refractivity contribution in [3.05, 3.63) is 70.9 Å². The maximum absolute atomic E-state index is 12.4. The Morgan fingerprint density at radius 2 is 1.89 bits per heavy atom. The molecule has 0 fully saturated rings. The molecule has 0 saturated heterocycles. The lowest BCUT2D eigenvalue weighted by atomic mass is 10.1. The average molecular weight is 380 g/mol. The molecule has 2 N–H and O–H groups in total. The van der Waals surface area contributed by atoms with E-state index in [0.717, 1.165) is 22.5 Å². The molecule has 0 bridgehead atoms. The van der Waals surface area contributed by atoms with Crippen molar-refractivity contribution in [1.29, 1.82) is 0 Å². The maximum atomic E-state index is 12.4. The van der Waals surface area contributed by atoms with Gasteiger partial charge in [-0.3, -0.25) is 14.3 Å². The van der Waals surface area contributed by atoms with Gasteiger partial charge in [0.2, 0.25) is 0 Å². The zero-order valence-electron chi connectivity index (χ0n) is 16.4. The van der Waals surface area contributed by atoms with Gasteiger partial charge >= 0.3 is 11.8 Å². The molecule has 0 saturated carbocycles. The van der Waals surface area contributed by atoms with Crippen LogP contribution in [0.5, 0.6) is 0 Å². The fraction of sp³-hybridized carbons (Fsp3) is 0.286. The number of hydrogen-bond acceptors (Lipinski definition) is 4. The first kappa shape index (κ1) is 19.4. The van der Waals surface area contributed by atoms with Crippen molar-refractivity contribution in [2.75, 3.05) is 11.9 Å². The Labute approximate surface area is 163 Å². The highest BCUT2D eigenvalue weighted by Gasteiger charge is 2.23. The van der Waals surface area contributed by atoms with Crippen molar-refractivity contribution in [2.45, 2.75) is 33.7 Å². The number of rotatable bonds is 5. The van der Waals surface area contributed by atoms with E-state index in [4.69, 9.17) is 4.42 Å². The predicted molar refractivity (Wildman–Crippen MR) is 106 cm³/mol. The number of amides is 2. The number of aryl methyl sites for hydroxylation is 3. The summed E-state index contributed by atoms with van der Waals surface area (Å²) in [7, 11) is 0. The number of benzene rings is 1. The van der Waals surface area contributed by atoms with E-state index in [2.05, 4.69) is 15.7 Å². The minimum absolute atomic E-state index is 0.175. The average Bonchev–Trinajstić information content (AvgIpc) is 3.29. The highest BCUT2D eigenvalue weighted by atomic mass is 16.3. The third-order valence-corrected chi connectivity index (χ3v) is 4.73. The molecule has 2 heterocycles. The molecule has 2 amide bonds. The van der Waals surface area contributed by atoms with Crippen molar-refractivity contribution < 1.29 is 14.0 Å². The second kappa shape index (κ2) is 8.12. The van der Waals surface area contributed by atoms with Crippen LogP contribution in [0.1, 0.15) is 34.3 Å². The standard InChI is InChI=1S/C21H24N4O3/c1-13-7-5-8-17(16(13)4)23-21(27)20(26)22-12-18(19-9-6-10-28-19)25-15(3)11-14(2)24-25/h5-11,18H,12H2,1-4H3,(H,22,26)(H,23,27). The molecular weight excluding hydrogens is 356 g/mol. The number of nitrogens with one attached hydrogen (secondary N) is 2. The van der Waals surface area contributed by atoms with Crippen LogP contribution in [-0.4, -0.2) is 28.1 Å². The number of furan rings is 1. The van der Waals surface area contributed by atoms with Gasteiger partial charge in [-0.25, -0.2) is 0 Å². The second-order valence-electron chi connectivity index (χ2n) is 6.81. The Bertz CT molecular complexity index is 989. The van der Waals surface area contributed by atoms with Crippen LogP contribution in [0.25, 0.3) is 0 Å². The molecule has 7 nitrogen and oxygen atoms in total. The molecule has 2 aromatic heterocycles. The largest absolute Gasteiger partial charge is 0.467 e. The fourth-order valence-electron chi connectivity index (χ4n) is 3.09. The quantitative estimate of drug-likeness (QED) is 0.666. The number of anilines is 1. The molecule has 146 valence electrons. The lowest BCUT2D eigenvalue weighted by Gasteiger charge is -2.18. The zero-order valence-corrected chi connectivity index (χ0v) is 16.4. The summed E-state index contributed by atoms with van der Waals surface area (Å²) in [5.74, 6) is -0.763. The van der Waals surface area contributed by atoms with Gasteiger partial charge in [-0.2, -0.15) is 5.10 Å². The van der Waals surface area contributed by atoms with E-state index in [1.165, 1.54) is 0 Å². The Morgan fingerprint density at radius 3 is 2.54 bits per heavy atom. The maximum Gasteiger partial charge on any atom is 0.313 e. The summed E-state index contributed by atoms with van der Waals surface area (Å²) in [6.45, 7) is 7.87. The van der Waals surface area contributed by atoms with Gasteiger partial charge in [0.15, 0.2) is 0 Å². The van der Waals surface area contributed by atoms with Crippen molar-refractivity contribution in [3.63, 3.8) is 0 Å². The van der Waals surface area contributed by atoms with E-state index in [-0.39, 0.29) is 12.6 Å². The van der Waals surface area contributed by atoms with Crippen LogP contribution in [0.4, 0.5) is 5.69 Å². The lowest BCUT2D eigenvalue weighted by molar-refractivity contribution is -0.136. The van der Waals surface area contributed by atoms with Gasteiger partial charge in [0, 0.05) is 17.9 Å². The van der Waals surface area contributed by atoms with Crippen molar-refractivity contribution >= 4 is 17.5 Å². The van der Waals surface area contributed by atoms with Crippen molar-refractivity contribution in [1.82, 2.24) is 15.1 Å². The summed E-state index contributed by atoms with van der Waals surface area (Å²) in [6, 6.07) is 10.8. The highest BCUT2D eigenvalue weighted by Crippen LogP contribution is 2.21. The van der Waals surface area contributed by atoms with Gasteiger partial charge in [-0.15, -0.1) is 0 Å². The van der Waals surface area contributed by atoms with Gasteiger partial charge in [-0.05, 0) is 63.1 Å². The third kappa shape index (κ3) is 4.14. The van der Waals surface area contributed by atoms with Crippen molar-refractivity contribution in [2.24, 2.45) is 0 Å². The van der Waals surface area contributed by atoms with Gasteiger partial charge < -0.3 is 15.1 Å². The van der Waals surface area contributed by atoms with Gasteiger partial charge in [-0.1, -0.05) is 12.1 Å². The van der Waals surface area contributed by atoms with E-state index >= 15 is 0 Å². The Balaban J connectivity index is 1.71. The number of nitrogens with zero attached hydrogens (tertiary/aromatic N) is 2. The van der Waals surface area contributed by atoms with Crippen molar-refractivity contribution in [3.8, 4) is 0 Å². The summed E-state index contributed by atoms with van der Waals surface area (Å²) < 4.78 is 7.31. The normalized spacial score (nSPS) is 11.9. The number of carbonyl (C=O) groups is 2. The van der Waals surface area contributed by atoms with Crippen LogP contribution < -0.4 is 10.6 Å². The molecule has 0 spiro atoms. The minimum atomic E-state index is -0.709. The minimum Gasteiger partial charge on any atom is -0.467 e. The number of carbonyl (C=O) groups excluding carboxylic acids is 2. The summed E-state index contributed by atoms with van der Waals surface area (Å²) in [6.07, 6.45) is 1.57. The molecule has 1 aromatic carbocycles. The molecule has 0 aliphatic carbocycles. The molecule has 0 aliphatic heterocycles. The smallest absolute Gasteiger partial charge is 0.313 e. The van der Waals surface area contributed by atoms with Crippen LogP contribution in [0.2, 0.25) is 0 Å². The van der Waals surface area contributed by atoms with Crippen LogP contribution in [0.15, 0.2) is 47.1 Å². The van der Waals surface area contributed by atoms with E-state index in [1.54, 1.807) is 23.1 Å². The summed E-state index contributed by atoms with van der Waals surface area (Å²) in [4.78, 5) is 24.7. The van der Waals surface area contributed by atoms with Crippen LogP contribution in [0, 0.1) is 27.7 Å². The van der Waals surface area contributed by atoms with E-state index in [1.807, 2.05) is 52.0 Å². The predicted octanol–water partition coefficient (Wildman–Crippen LogP) is 3.05. The SMILES string of the molecule is Cc1cc(C)n(C(CNC(=O)C(=O)Nc2cccc(C)c2C)c2ccco2)n1. The van der Waals surface area contributed by atoms with E-state index in [0.29, 0.717) is 11.4 Å². The first-order chi connectivity index (χ1) is 13.4. The zero-order chi connectivity index (χ0) is 20.3. The third-order valence-electron chi connectivity index (χ3n) is 4.73. The lowest BCUT2D eigenvalue weighted by Crippen LogP contribution is -2.39. The number of hydrogen-bond donors (Lipinski definition) is 2. The monoisotopic (exact) mass is 380 g/mol. The Kier molecular flexibility index (Phi) is 5.63.